The molecule has 0 saturated heterocycles. The maximum atomic E-state index is 15.4. The molecule has 37 heavy (non-hydrogen) atoms. The molecule has 1 saturated carbocycles. The fourth-order valence-corrected chi connectivity index (χ4v) is 7.95. The standard InChI is InChI=1S/C34H26O3/c1-2-27-30(31(35)36)34(22-15-7-4-8-16-22)29-26-20-12-10-18-24(26)23-17-9-11-19-25(23)28(29)33(27,32(34)37)21-13-5-3-6-14-21/h3-20,27,30H,2H2,1H3,(H,35,36)/t27-,30+,33-,34-/m0/s1. The summed E-state index contributed by atoms with van der Waals surface area (Å²) in [6.45, 7) is 2.03. The van der Waals surface area contributed by atoms with E-state index in [9.17, 15) is 9.90 Å². The van der Waals surface area contributed by atoms with Crippen molar-refractivity contribution in [2.75, 3.05) is 0 Å². The van der Waals surface area contributed by atoms with Gasteiger partial charge in [0.05, 0.1) is 16.7 Å². The third-order valence-electron chi connectivity index (χ3n) is 9.03. The van der Waals surface area contributed by atoms with E-state index in [0.29, 0.717) is 6.42 Å². The van der Waals surface area contributed by atoms with Gasteiger partial charge in [0.25, 0.3) is 0 Å². The number of hydrogen-bond donors (Lipinski definition) is 1. The van der Waals surface area contributed by atoms with Crippen LogP contribution < -0.4 is 0 Å². The predicted molar refractivity (Wildman–Crippen MR) is 146 cm³/mol. The summed E-state index contributed by atoms with van der Waals surface area (Å²) in [5, 5.41) is 15.0. The minimum absolute atomic E-state index is 0.00634. The molecule has 3 heteroatoms. The van der Waals surface area contributed by atoms with E-state index < -0.39 is 28.6 Å². The van der Waals surface area contributed by atoms with Crippen molar-refractivity contribution >= 4 is 33.3 Å². The van der Waals surface area contributed by atoms with Crippen molar-refractivity contribution in [1.29, 1.82) is 0 Å². The van der Waals surface area contributed by atoms with Crippen LogP contribution in [0.3, 0.4) is 0 Å². The average Bonchev–Trinajstić information content (AvgIpc) is 3.34. The Morgan fingerprint density at radius 3 is 1.51 bits per heavy atom. The van der Waals surface area contributed by atoms with E-state index in [4.69, 9.17) is 0 Å². The summed E-state index contributed by atoms with van der Waals surface area (Å²) in [5.41, 5.74) is 1.17. The summed E-state index contributed by atoms with van der Waals surface area (Å²) >= 11 is 0. The van der Waals surface area contributed by atoms with Crippen LogP contribution in [0, 0.1) is 11.8 Å². The fourth-order valence-electron chi connectivity index (χ4n) is 7.95. The Kier molecular flexibility index (Phi) is 4.54. The molecule has 0 unspecified atom stereocenters. The number of ketones is 1. The highest BCUT2D eigenvalue weighted by Gasteiger charge is 2.77. The smallest absolute Gasteiger partial charge is 0.308 e. The third-order valence-corrected chi connectivity index (χ3v) is 9.03. The van der Waals surface area contributed by atoms with Gasteiger partial charge >= 0.3 is 5.97 Å². The molecule has 1 fully saturated rings. The predicted octanol–water partition coefficient (Wildman–Crippen LogP) is 6.89. The SMILES string of the molecule is CC[C@H]1[C@H](C(=O)O)[C@@]2(c3ccccc3)C(=O)[C@]1(c1ccccc1)c1c2c2ccccc2c2ccccc12. The quantitative estimate of drug-likeness (QED) is 0.284. The number of carbonyl (C=O) groups is 2. The Morgan fingerprint density at radius 2 is 1.05 bits per heavy atom. The van der Waals surface area contributed by atoms with E-state index in [1.807, 2.05) is 91.9 Å². The fraction of sp³-hybridized carbons (Fsp3) is 0.176. The highest BCUT2D eigenvalue weighted by atomic mass is 16.4. The van der Waals surface area contributed by atoms with E-state index in [1.165, 1.54) is 0 Å². The van der Waals surface area contributed by atoms with Crippen LogP contribution in [0.1, 0.15) is 35.6 Å². The van der Waals surface area contributed by atoms with Gasteiger partial charge in [-0.3, -0.25) is 9.59 Å². The van der Waals surface area contributed by atoms with Crippen molar-refractivity contribution < 1.29 is 14.7 Å². The molecule has 0 spiro atoms. The highest BCUT2D eigenvalue weighted by Crippen LogP contribution is 2.71. The molecule has 7 rings (SSSR count). The van der Waals surface area contributed by atoms with Crippen LogP contribution in [0.15, 0.2) is 109 Å². The van der Waals surface area contributed by atoms with Crippen molar-refractivity contribution in [1.82, 2.24) is 0 Å². The minimum atomic E-state index is -1.29. The first-order valence-electron chi connectivity index (χ1n) is 12.9. The van der Waals surface area contributed by atoms with Crippen molar-refractivity contribution in [2.45, 2.75) is 24.2 Å². The van der Waals surface area contributed by atoms with Crippen LogP contribution in [0.25, 0.3) is 21.5 Å². The Labute approximate surface area is 215 Å². The van der Waals surface area contributed by atoms with Gasteiger partial charge in [-0.1, -0.05) is 123 Å². The number of benzene rings is 5. The summed E-state index contributed by atoms with van der Waals surface area (Å²) in [6.07, 6.45) is 0.576. The molecule has 2 aliphatic carbocycles. The lowest BCUT2D eigenvalue weighted by Gasteiger charge is -2.42. The summed E-state index contributed by atoms with van der Waals surface area (Å²) < 4.78 is 0. The lowest BCUT2D eigenvalue weighted by Crippen LogP contribution is -2.44. The van der Waals surface area contributed by atoms with Gasteiger partial charge in [-0.25, -0.2) is 0 Å². The van der Waals surface area contributed by atoms with E-state index >= 15 is 4.79 Å². The Hall–Kier alpha value is -4.24. The van der Waals surface area contributed by atoms with Crippen LogP contribution in [-0.4, -0.2) is 16.9 Å². The van der Waals surface area contributed by atoms with Gasteiger partial charge in [-0.15, -0.1) is 0 Å². The number of fused-ring (bicyclic) bond motifs is 10. The summed E-state index contributed by atoms with van der Waals surface area (Å²) in [6, 6.07) is 36.0. The summed E-state index contributed by atoms with van der Waals surface area (Å²) in [7, 11) is 0. The lowest BCUT2D eigenvalue weighted by molar-refractivity contribution is -0.146. The number of carboxylic acid groups (broad SMARTS) is 1. The molecule has 4 atom stereocenters. The van der Waals surface area contributed by atoms with Crippen molar-refractivity contribution in [3.8, 4) is 0 Å². The third kappa shape index (κ3) is 2.42. The zero-order valence-electron chi connectivity index (χ0n) is 20.5. The van der Waals surface area contributed by atoms with Crippen molar-refractivity contribution in [3.05, 3.63) is 131 Å². The zero-order valence-corrected chi connectivity index (χ0v) is 20.5. The molecule has 5 aromatic carbocycles. The molecule has 5 aromatic rings. The van der Waals surface area contributed by atoms with E-state index in [0.717, 1.165) is 43.8 Å². The van der Waals surface area contributed by atoms with Gasteiger partial charge in [0.2, 0.25) is 0 Å². The maximum absolute atomic E-state index is 15.4. The van der Waals surface area contributed by atoms with Crippen molar-refractivity contribution in [3.63, 3.8) is 0 Å². The monoisotopic (exact) mass is 482 g/mol. The van der Waals surface area contributed by atoms with E-state index in [2.05, 4.69) is 24.3 Å². The normalized spacial score (nSPS) is 26.0. The van der Waals surface area contributed by atoms with Crippen molar-refractivity contribution in [2.24, 2.45) is 11.8 Å². The molecule has 180 valence electrons. The molecular weight excluding hydrogens is 456 g/mol. The first-order chi connectivity index (χ1) is 18.1. The Balaban J connectivity index is 1.81. The molecule has 0 aromatic heterocycles. The summed E-state index contributed by atoms with van der Waals surface area (Å²) in [5.74, 6) is -2.19. The Morgan fingerprint density at radius 1 is 0.649 bits per heavy atom. The zero-order chi connectivity index (χ0) is 25.4. The molecule has 2 bridgehead atoms. The first kappa shape index (κ1) is 22.0. The van der Waals surface area contributed by atoms with Gasteiger partial charge in [0.15, 0.2) is 5.78 Å². The number of rotatable bonds is 4. The molecular formula is C34H26O3. The van der Waals surface area contributed by atoms with Crippen LogP contribution in [0.4, 0.5) is 0 Å². The molecule has 0 radical (unpaired) electrons. The second kappa shape index (κ2) is 7.63. The number of Topliss-reactive ketones (excluding diaryl/α,β-unsaturated/α-hetero) is 1. The second-order valence-electron chi connectivity index (χ2n) is 10.3. The summed E-state index contributed by atoms with van der Waals surface area (Å²) in [4.78, 5) is 28.7. The average molecular weight is 483 g/mol. The number of aliphatic carboxylic acids is 1. The lowest BCUT2D eigenvalue weighted by atomic mass is 9.58. The van der Waals surface area contributed by atoms with E-state index in [-0.39, 0.29) is 5.78 Å². The molecule has 0 aliphatic heterocycles. The number of carbonyl (C=O) groups excluding carboxylic acids is 1. The molecule has 1 N–H and O–H groups in total. The van der Waals surface area contributed by atoms with Gasteiger partial charge in [0.1, 0.15) is 0 Å². The minimum Gasteiger partial charge on any atom is -0.481 e. The maximum Gasteiger partial charge on any atom is 0.308 e. The van der Waals surface area contributed by atoms with Crippen LogP contribution in [-0.2, 0) is 20.4 Å². The molecule has 2 aliphatic rings. The molecule has 0 heterocycles. The van der Waals surface area contributed by atoms with Crippen LogP contribution >= 0.6 is 0 Å². The Bertz CT molecular complexity index is 1720. The second-order valence-corrected chi connectivity index (χ2v) is 10.3. The largest absolute Gasteiger partial charge is 0.481 e. The van der Waals surface area contributed by atoms with Gasteiger partial charge in [0, 0.05) is 0 Å². The molecule has 0 amide bonds. The topological polar surface area (TPSA) is 54.4 Å². The first-order valence-corrected chi connectivity index (χ1v) is 12.9. The van der Waals surface area contributed by atoms with Gasteiger partial charge in [-0.05, 0) is 49.7 Å². The number of hydrogen-bond acceptors (Lipinski definition) is 2. The van der Waals surface area contributed by atoms with Gasteiger partial charge in [-0.2, -0.15) is 0 Å². The van der Waals surface area contributed by atoms with Crippen LogP contribution in [0.5, 0.6) is 0 Å². The van der Waals surface area contributed by atoms with Crippen LogP contribution in [0.2, 0.25) is 0 Å². The molecule has 3 nitrogen and oxygen atoms in total. The highest BCUT2D eigenvalue weighted by molar-refractivity contribution is 6.24. The number of carboxylic acids is 1. The van der Waals surface area contributed by atoms with Gasteiger partial charge < -0.3 is 5.11 Å². The van der Waals surface area contributed by atoms with E-state index in [1.54, 1.807) is 0 Å².